The van der Waals surface area contributed by atoms with Gasteiger partial charge in [0, 0.05) is 6.42 Å². The lowest BCUT2D eigenvalue weighted by molar-refractivity contribution is -0.138. The van der Waals surface area contributed by atoms with Crippen molar-refractivity contribution in [1.82, 2.24) is 5.32 Å². The summed E-state index contributed by atoms with van der Waals surface area (Å²) in [5, 5.41) is 11.6. The minimum atomic E-state index is -0.680. The van der Waals surface area contributed by atoms with Crippen LogP contribution in [0.3, 0.4) is 0 Å². The quantitative estimate of drug-likeness (QED) is 0.585. The molecule has 0 aromatic rings. The van der Waals surface area contributed by atoms with Crippen molar-refractivity contribution in [2.75, 3.05) is 13.1 Å². The molecule has 0 amide bonds. The first-order chi connectivity index (χ1) is 4.70. The summed E-state index contributed by atoms with van der Waals surface area (Å²) in [6.07, 6.45) is 0.314. The summed E-state index contributed by atoms with van der Waals surface area (Å²) in [6.45, 7) is 3.93. The van der Waals surface area contributed by atoms with Crippen molar-refractivity contribution in [3.05, 3.63) is 0 Å². The molecule has 0 spiro atoms. The van der Waals surface area contributed by atoms with Crippen LogP contribution in [0, 0.1) is 11.8 Å². The molecular weight excluding hydrogens is 130 g/mol. The highest BCUT2D eigenvalue weighted by Gasteiger charge is 2.24. The van der Waals surface area contributed by atoms with Gasteiger partial charge in [0.2, 0.25) is 0 Å². The third-order valence-electron chi connectivity index (χ3n) is 2.11. The number of carboxylic acids is 1. The average Bonchev–Trinajstić information content (AvgIpc) is 2.15. The Balaban J connectivity index is 2.33. The van der Waals surface area contributed by atoms with Crippen molar-refractivity contribution in [3.63, 3.8) is 0 Å². The van der Waals surface area contributed by atoms with Gasteiger partial charge in [0.15, 0.2) is 0 Å². The fraction of sp³-hybridized carbons (Fsp3) is 0.857. The summed E-state index contributed by atoms with van der Waals surface area (Å²) in [5.41, 5.74) is 0. The van der Waals surface area contributed by atoms with E-state index in [0.717, 1.165) is 13.1 Å². The molecule has 0 aliphatic carbocycles. The molecule has 1 heterocycles. The first-order valence-corrected chi connectivity index (χ1v) is 3.62. The van der Waals surface area contributed by atoms with Gasteiger partial charge in [-0.05, 0) is 24.9 Å². The second-order valence-corrected chi connectivity index (χ2v) is 2.99. The maximum Gasteiger partial charge on any atom is 0.303 e. The molecule has 58 valence electrons. The summed E-state index contributed by atoms with van der Waals surface area (Å²) in [6, 6.07) is 0. The van der Waals surface area contributed by atoms with Crippen molar-refractivity contribution in [2.24, 2.45) is 11.8 Å². The lowest BCUT2D eigenvalue weighted by Gasteiger charge is -2.09. The normalized spacial score (nSPS) is 32.5. The van der Waals surface area contributed by atoms with Gasteiger partial charge in [0.25, 0.3) is 0 Å². The lowest BCUT2D eigenvalue weighted by Crippen LogP contribution is -2.14. The molecule has 1 rings (SSSR count). The summed E-state index contributed by atoms with van der Waals surface area (Å²) in [4.78, 5) is 10.3. The number of nitrogens with one attached hydrogen (secondary N) is 1. The minimum Gasteiger partial charge on any atom is -0.481 e. The van der Waals surface area contributed by atoms with Gasteiger partial charge in [0.05, 0.1) is 0 Å². The summed E-state index contributed by atoms with van der Waals surface area (Å²) in [5.74, 6) is 0.189. The van der Waals surface area contributed by atoms with Crippen LogP contribution in [-0.4, -0.2) is 24.2 Å². The summed E-state index contributed by atoms with van der Waals surface area (Å²) < 4.78 is 0. The molecule has 0 aromatic carbocycles. The van der Waals surface area contributed by atoms with Crippen LogP contribution in [0.15, 0.2) is 0 Å². The zero-order valence-electron chi connectivity index (χ0n) is 6.13. The van der Waals surface area contributed by atoms with Crippen LogP contribution in [0.4, 0.5) is 0 Å². The number of hydrogen-bond donors (Lipinski definition) is 2. The van der Waals surface area contributed by atoms with Gasteiger partial charge < -0.3 is 10.4 Å². The van der Waals surface area contributed by atoms with Gasteiger partial charge >= 0.3 is 5.97 Å². The molecule has 2 atom stereocenters. The highest BCUT2D eigenvalue weighted by Crippen LogP contribution is 2.18. The van der Waals surface area contributed by atoms with E-state index in [1.54, 1.807) is 0 Å². The van der Waals surface area contributed by atoms with Crippen LogP contribution in [0.25, 0.3) is 0 Å². The Morgan fingerprint density at radius 2 is 2.40 bits per heavy atom. The van der Waals surface area contributed by atoms with Crippen LogP contribution in [-0.2, 0) is 4.79 Å². The van der Waals surface area contributed by atoms with Gasteiger partial charge in [-0.3, -0.25) is 4.79 Å². The van der Waals surface area contributed by atoms with Crippen molar-refractivity contribution < 1.29 is 9.90 Å². The number of hydrogen-bond acceptors (Lipinski definition) is 2. The topological polar surface area (TPSA) is 49.3 Å². The van der Waals surface area contributed by atoms with Crippen LogP contribution < -0.4 is 5.32 Å². The Morgan fingerprint density at radius 3 is 2.80 bits per heavy atom. The molecule has 2 N–H and O–H groups in total. The van der Waals surface area contributed by atoms with Crippen LogP contribution >= 0.6 is 0 Å². The Labute approximate surface area is 60.4 Å². The largest absolute Gasteiger partial charge is 0.481 e. The third-order valence-corrected chi connectivity index (χ3v) is 2.11. The van der Waals surface area contributed by atoms with E-state index < -0.39 is 5.97 Å². The van der Waals surface area contributed by atoms with Crippen molar-refractivity contribution in [3.8, 4) is 0 Å². The Morgan fingerprint density at radius 1 is 1.70 bits per heavy atom. The van der Waals surface area contributed by atoms with E-state index in [0.29, 0.717) is 18.3 Å². The van der Waals surface area contributed by atoms with Crippen molar-refractivity contribution in [2.45, 2.75) is 13.3 Å². The summed E-state index contributed by atoms with van der Waals surface area (Å²) in [7, 11) is 0. The molecule has 1 fully saturated rings. The highest BCUT2D eigenvalue weighted by molar-refractivity contribution is 5.67. The standard InChI is InChI=1S/C7H13NO2/c1-5-3-8-4-6(5)2-7(9)10/h5-6,8H,2-4H2,1H3,(H,9,10)/t5-,6-/m1/s1. The maximum atomic E-state index is 10.3. The molecule has 0 bridgehead atoms. The first kappa shape index (κ1) is 7.54. The van der Waals surface area contributed by atoms with Gasteiger partial charge in [0.1, 0.15) is 0 Å². The fourth-order valence-corrected chi connectivity index (χ4v) is 1.36. The Hall–Kier alpha value is -0.570. The minimum absolute atomic E-state index is 0.314. The molecule has 0 saturated carbocycles. The molecule has 1 aliphatic heterocycles. The van der Waals surface area contributed by atoms with E-state index >= 15 is 0 Å². The molecule has 0 unspecified atom stereocenters. The zero-order valence-corrected chi connectivity index (χ0v) is 6.13. The molecule has 3 nitrogen and oxygen atoms in total. The molecule has 10 heavy (non-hydrogen) atoms. The van der Waals surface area contributed by atoms with Crippen LogP contribution in [0.5, 0.6) is 0 Å². The van der Waals surface area contributed by atoms with Gasteiger partial charge in [-0.25, -0.2) is 0 Å². The smallest absolute Gasteiger partial charge is 0.303 e. The van der Waals surface area contributed by atoms with E-state index in [9.17, 15) is 4.79 Å². The fourth-order valence-electron chi connectivity index (χ4n) is 1.36. The Bertz CT molecular complexity index is 136. The molecule has 1 aliphatic rings. The third kappa shape index (κ3) is 1.70. The molecule has 3 heteroatoms. The number of carboxylic acid groups (broad SMARTS) is 1. The number of aliphatic carboxylic acids is 1. The average molecular weight is 143 g/mol. The molecular formula is C7H13NO2. The zero-order chi connectivity index (χ0) is 7.56. The predicted octanol–water partition coefficient (Wildman–Crippen LogP) is 0.317. The monoisotopic (exact) mass is 143 g/mol. The SMILES string of the molecule is C[C@@H]1CNC[C@H]1CC(=O)O. The number of carbonyl (C=O) groups is 1. The molecule has 1 saturated heterocycles. The van der Waals surface area contributed by atoms with Gasteiger partial charge in [-0.2, -0.15) is 0 Å². The van der Waals surface area contributed by atoms with Crippen LogP contribution in [0.1, 0.15) is 13.3 Å². The van der Waals surface area contributed by atoms with E-state index in [1.807, 2.05) is 0 Å². The van der Waals surface area contributed by atoms with Gasteiger partial charge in [-0.15, -0.1) is 0 Å². The molecule has 0 aromatic heterocycles. The van der Waals surface area contributed by atoms with E-state index in [-0.39, 0.29) is 0 Å². The second kappa shape index (κ2) is 3.01. The van der Waals surface area contributed by atoms with Crippen LogP contribution in [0.2, 0.25) is 0 Å². The first-order valence-electron chi connectivity index (χ1n) is 3.62. The summed E-state index contributed by atoms with van der Waals surface area (Å²) >= 11 is 0. The second-order valence-electron chi connectivity index (χ2n) is 2.99. The molecule has 0 radical (unpaired) electrons. The maximum absolute atomic E-state index is 10.3. The number of rotatable bonds is 2. The predicted molar refractivity (Wildman–Crippen MR) is 37.8 cm³/mol. The van der Waals surface area contributed by atoms with Crippen molar-refractivity contribution >= 4 is 5.97 Å². The van der Waals surface area contributed by atoms with E-state index in [2.05, 4.69) is 12.2 Å². The van der Waals surface area contributed by atoms with E-state index in [4.69, 9.17) is 5.11 Å². The lowest BCUT2D eigenvalue weighted by atomic mass is 9.95. The van der Waals surface area contributed by atoms with E-state index in [1.165, 1.54) is 0 Å². The highest BCUT2D eigenvalue weighted by atomic mass is 16.4. The Kier molecular flexibility index (Phi) is 2.27. The van der Waals surface area contributed by atoms with Crippen molar-refractivity contribution in [1.29, 1.82) is 0 Å². The van der Waals surface area contributed by atoms with Gasteiger partial charge in [-0.1, -0.05) is 6.92 Å².